The van der Waals surface area contributed by atoms with Crippen LogP contribution in [0.1, 0.15) is 22.7 Å². The molecule has 0 bridgehead atoms. The molecule has 1 aliphatic carbocycles. The normalized spacial score (nSPS) is 13.5. The van der Waals surface area contributed by atoms with Gasteiger partial charge in [0.1, 0.15) is 0 Å². The van der Waals surface area contributed by atoms with E-state index in [0.29, 0.717) is 5.69 Å². The van der Waals surface area contributed by atoms with Gasteiger partial charge < -0.3 is 5.32 Å². The molecule has 120 valence electrons. The molecule has 0 heterocycles. The molecule has 0 saturated heterocycles. The molecule has 1 aliphatic rings. The van der Waals surface area contributed by atoms with Crippen molar-refractivity contribution in [3.05, 3.63) is 89.5 Å². The summed E-state index contributed by atoms with van der Waals surface area (Å²) in [4.78, 5) is 0. The van der Waals surface area contributed by atoms with E-state index in [2.05, 4.69) is 29.6 Å². The number of hydrogen-bond donors (Lipinski definition) is 1. The topological polar surface area (TPSA) is 12.0 Å². The number of nitrogens with one attached hydrogen (secondary N) is 1. The number of halogens is 3. The maximum Gasteiger partial charge on any atom is 0.416 e. The van der Waals surface area contributed by atoms with Crippen molar-refractivity contribution in [1.82, 2.24) is 0 Å². The minimum absolute atomic E-state index is 0.0610. The summed E-state index contributed by atoms with van der Waals surface area (Å²) in [6.45, 7) is 0. The highest BCUT2D eigenvalue weighted by atomic mass is 19.4. The average Bonchev–Trinajstić information content (AvgIpc) is 2.89. The van der Waals surface area contributed by atoms with Gasteiger partial charge in [0.15, 0.2) is 0 Å². The first kappa shape index (κ1) is 14.8. The first-order valence-electron chi connectivity index (χ1n) is 7.66. The number of fused-ring (bicyclic) bond motifs is 3. The Morgan fingerprint density at radius 3 is 1.67 bits per heavy atom. The minimum Gasteiger partial charge on any atom is -0.374 e. The molecule has 24 heavy (non-hydrogen) atoms. The zero-order valence-electron chi connectivity index (χ0n) is 12.6. The highest BCUT2D eigenvalue weighted by molar-refractivity contribution is 5.80. The summed E-state index contributed by atoms with van der Waals surface area (Å²) in [5, 5.41) is 3.36. The van der Waals surface area contributed by atoms with E-state index in [9.17, 15) is 13.2 Å². The monoisotopic (exact) mass is 325 g/mol. The van der Waals surface area contributed by atoms with E-state index in [1.54, 1.807) is 0 Å². The largest absolute Gasteiger partial charge is 0.416 e. The van der Waals surface area contributed by atoms with Gasteiger partial charge in [0.05, 0.1) is 11.6 Å². The van der Waals surface area contributed by atoms with E-state index in [0.717, 1.165) is 34.4 Å². The van der Waals surface area contributed by atoms with E-state index in [1.165, 1.54) is 12.1 Å². The first-order valence-corrected chi connectivity index (χ1v) is 7.66. The molecule has 0 fully saturated rings. The lowest BCUT2D eigenvalue weighted by molar-refractivity contribution is -0.137. The van der Waals surface area contributed by atoms with Crippen molar-refractivity contribution in [2.24, 2.45) is 0 Å². The van der Waals surface area contributed by atoms with Crippen molar-refractivity contribution in [3.63, 3.8) is 0 Å². The number of rotatable bonds is 2. The van der Waals surface area contributed by atoms with Crippen LogP contribution >= 0.6 is 0 Å². The predicted octanol–water partition coefficient (Wildman–Crippen LogP) is 5.89. The Morgan fingerprint density at radius 1 is 0.667 bits per heavy atom. The molecule has 3 aromatic rings. The average molecular weight is 325 g/mol. The molecule has 0 atom stereocenters. The Kier molecular flexibility index (Phi) is 3.34. The van der Waals surface area contributed by atoms with Gasteiger partial charge in [-0.2, -0.15) is 13.2 Å². The van der Waals surface area contributed by atoms with Crippen LogP contribution in [0.5, 0.6) is 0 Å². The van der Waals surface area contributed by atoms with Crippen LogP contribution in [-0.2, 0) is 6.18 Å². The van der Waals surface area contributed by atoms with Crippen LogP contribution < -0.4 is 5.32 Å². The van der Waals surface area contributed by atoms with Crippen LogP contribution in [0, 0.1) is 0 Å². The third-order valence-electron chi connectivity index (χ3n) is 4.36. The molecule has 0 spiro atoms. The van der Waals surface area contributed by atoms with Crippen molar-refractivity contribution < 1.29 is 13.2 Å². The van der Waals surface area contributed by atoms with Crippen LogP contribution in [-0.4, -0.2) is 0 Å². The molecule has 0 radical (unpaired) electrons. The zero-order chi connectivity index (χ0) is 16.7. The molecular formula is C20H14F3N. The second kappa shape index (κ2) is 5.41. The lowest BCUT2D eigenvalue weighted by Gasteiger charge is -2.18. The van der Waals surface area contributed by atoms with Crippen LogP contribution in [0.4, 0.5) is 18.9 Å². The molecule has 0 amide bonds. The fourth-order valence-electron chi connectivity index (χ4n) is 3.23. The molecule has 0 unspecified atom stereocenters. The molecule has 4 rings (SSSR count). The molecule has 3 aromatic carbocycles. The van der Waals surface area contributed by atoms with Crippen LogP contribution in [0.25, 0.3) is 11.1 Å². The standard InChI is InChI=1S/C20H14F3N/c21-20(22,23)13-9-11-14(12-10-13)24-19-17-7-3-1-5-15(17)16-6-2-4-8-18(16)19/h1-12,19,24H. The Bertz CT molecular complexity index is 836. The third kappa shape index (κ3) is 2.44. The molecule has 4 heteroatoms. The van der Waals surface area contributed by atoms with Gasteiger partial charge in [0.2, 0.25) is 0 Å². The van der Waals surface area contributed by atoms with Crippen molar-refractivity contribution in [3.8, 4) is 11.1 Å². The Balaban J connectivity index is 1.70. The van der Waals surface area contributed by atoms with Crippen molar-refractivity contribution >= 4 is 5.69 Å². The van der Waals surface area contributed by atoms with Gasteiger partial charge in [0, 0.05) is 5.69 Å². The van der Waals surface area contributed by atoms with E-state index in [-0.39, 0.29) is 6.04 Å². The van der Waals surface area contributed by atoms with Gasteiger partial charge in [-0.15, -0.1) is 0 Å². The summed E-state index contributed by atoms with van der Waals surface area (Å²) in [5.41, 5.74) is 4.63. The van der Waals surface area contributed by atoms with Crippen LogP contribution in [0.15, 0.2) is 72.8 Å². The smallest absolute Gasteiger partial charge is 0.374 e. The molecular weight excluding hydrogens is 311 g/mol. The van der Waals surface area contributed by atoms with E-state index >= 15 is 0 Å². The fraction of sp³-hybridized carbons (Fsp3) is 0.100. The van der Waals surface area contributed by atoms with E-state index < -0.39 is 11.7 Å². The molecule has 0 aliphatic heterocycles. The first-order chi connectivity index (χ1) is 11.5. The maximum atomic E-state index is 12.7. The number of hydrogen-bond acceptors (Lipinski definition) is 1. The van der Waals surface area contributed by atoms with Crippen LogP contribution in [0.2, 0.25) is 0 Å². The summed E-state index contributed by atoms with van der Waals surface area (Å²) in [6, 6.07) is 21.3. The Hall–Kier alpha value is -2.75. The molecule has 0 aromatic heterocycles. The Morgan fingerprint density at radius 2 is 1.17 bits per heavy atom. The summed E-state index contributed by atoms with van der Waals surface area (Å²) >= 11 is 0. The summed E-state index contributed by atoms with van der Waals surface area (Å²) in [5.74, 6) is 0. The Labute approximate surface area is 137 Å². The van der Waals surface area contributed by atoms with Gasteiger partial charge in [0.25, 0.3) is 0 Å². The summed E-state index contributed by atoms with van der Waals surface area (Å²) in [6.07, 6.45) is -4.31. The number of benzene rings is 3. The fourth-order valence-corrected chi connectivity index (χ4v) is 3.23. The van der Waals surface area contributed by atoms with Gasteiger partial charge in [-0.25, -0.2) is 0 Å². The highest BCUT2D eigenvalue weighted by Gasteiger charge is 2.31. The van der Waals surface area contributed by atoms with Gasteiger partial charge in [-0.05, 0) is 46.5 Å². The van der Waals surface area contributed by atoms with Gasteiger partial charge >= 0.3 is 6.18 Å². The molecule has 1 N–H and O–H groups in total. The third-order valence-corrected chi connectivity index (χ3v) is 4.36. The van der Waals surface area contributed by atoms with Gasteiger partial charge in [-0.3, -0.25) is 0 Å². The van der Waals surface area contributed by atoms with Crippen molar-refractivity contribution in [1.29, 1.82) is 0 Å². The lowest BCUT2D eigenvalue weighted by atomic mass is 10.0. The van der Waals surface area contributed by atoms with Crippen molar-refractivity contribution in [2.75, 3.05) is 5.32 Å². The number of anilines is 1. The van der Waals surface area contributed by atoms with Crippen molar-refractivity contribution in [2.45, 2.75) is 12.2 Å². The maximum absolute atomic E-state index is 12.7. The number of alkyl halides is 3. The summed E-state index contributed by atoms with van der Waals surface area (Å²) in [7, 11) is 0. The predicted molar refractivity (Wildman–Crippen MR) is 88.8 cm³/mol. The minimum atomic E-state index is -4.31. The lowest BCUT2D eigenvalue weighted by Crippen LogP contribution is -2.10. The van der Waals surface area contributed by atoms with E-state index in [4.69, 9.17) is 0 Å². The summed E-state index contributed by atoms with van der Waals surface area (Å²) < 4.78 is 38.1. The molecule has 1 nitrogen and oxygen atoms in total. The van der Waals surface area contributed by atoms with Crippen LogP contribution in [0.3, 0.4) is 0 Å². The van der Waals surface area contributed by atoms with E-state index in [1.807, 2.05) is 24.3 Å². The van der Waals surface area contributed by atoms with Gasteiger partial charge in [-0.1, -0.05) is 48.5 Å². The zero-order valence-corrected chi connectivity index (χ0v) is 12.6. The SMILES string of the molecule is FC(F)(F)c1ccc(NC2c3ccccc3-c3ccccc32)cc1. The quantitative estimate of drug-likeness (QED) is 0.620. The second-order valence-electron chi connectivity index (χ2n) is 5.83. The second-order valence-corrected chi connectivity index (χ2v) is 5.83. The highest BCUT2D eigenvalue weighted by Crippen LogP contribution is 2.44. The molecule has 0 saturated carbocycles.